The molecule has 152 valence electrons. The minimum absolute atomic E-state index is 0.00764. The van der Waals surface area contributed by atoms with Gasteiger partial charge in [-0.1, -0.05) is 23.6 Å². The highest BCUT2D eigenvalue weighted by molar-refractivity contribution is 7.99. The highest BCUT2D eigenvalue weighted by atomic mass is 35.5. The second-order valence-corrected chi connectivity index (χ2v) is 9.82. The van der Waals surface area contributed by atoms with Crippen LogP contribution in [0.2, 0.25) is 5.02 Å². The second-order valence-electron chi connectivity index (χ2n) is 5.94. The number of anilines is 1. The Kier molecular flexibility index (Phi) is 6.94. The maximum atomic E-state index is 12.1. The summed E-state index contributed by atoms with van der Waals surface area (Å²) in [5.74, 6) is 0.559. The molecule has 10 heteroatoms. The number of benzene rings is 2. The molecule has 1 amide bonds. The van der Waals surface area contributed by atoms with E-state index in [0.717, 1.165) is 4.90 Å². The zero-order valence-corrected chi connectivity index (χ0v) is 17.9. The maximum absolute atomic E-state index is 12.1. The number of hydrogen-bond acceptors (Lipinski definition) is 7. The molecule has 0 radical (unpaired) electrons. The smallest absolute Gasteiger partial charge is 0.322 e. The van der Waals surface area contributed by atoms with Gasteiger partial charge >= 0.3 is 6.01 Å². The molecule has 2 aromatic carbocycles. The van der Waals surface area contributed by atoms with Crippen LogP contribution < -0.4 is 5.32 Å². The van der Waals surface area contributed by atoms with E-state index < -0.39 is 9.84 Å². The Morgan fingerprint density at radius 1 is 1.10 bits per heavy atom. The third kappa shape index (κ3) is 5.81. The number of thioether (sulfide) groups is 1. The van der Waals surface area contributed by atoms with Crippen molar-refractivity contribution in [3.63, 3.8) is 0 Å². The van der Waals surface area contributed by atoms with E-state index in [1.807, 2.05) is 12.1 Å². The lowest BCUT2D eigenvalue weighted by Crippen LogP contribution is -2.12. The minimum atomic E-state index is -3.27. The fourth-order valence-corrected chi connectivity index (χ4v) is 4.20. The highest BCUT2D eigenvalue weighted by Crippen LogP contribution is 2.23. The standard InChI is InChI=1S/C19H18ClN3O4S2/c1-2-29(25,26)16-9-3-13(4-10-16)18-22-23-19(27-18)21-17(24)11-12-28-15-7-5-14(20)6-8-15/h3-10H,2,11-12H2,1H3,(H,21,23,24). The van der Waals surface area contributed by atoms with Gasteiger partial charge in [0, 0.05) is 27.7 Å². The number of carbonyl (C=O) groups is 1. The van der Waals surface area contributed by atoms with Crippen molar-refractivity contribution in [3.05, 3.63) is 53.6 Å². The maximum Gasteiger partial charge on any atom is 0.322 e. The first kappa shape index (κ1) is 21.4. The van der Waals surface area contributed by atoms with Crippen molar-refractivity contribution in [1.29, 1.82) is 0 Å². The lowest BCUT2D eigenvalue weighted by atomic mass is 10.2. The van der Waals surface area contributed by atoms with E-state index in [4.69, 9.17) is 16.0 Å². The molecule has 0 fully saturated rings. The number of aromatic nitrogens is 2. The van der Waals surface area contributed by atoms with Gasteiger partial charge in [-0.3, -0.25) is 10.1 Å². The van der Waals surface area contributed by atoms with E-state index in [1.165, 1.54) is 23.9 Å². The summed E-state index contributed by atoms with van der Waals surface area (Å²) in [6.45, 7) is 1.59. The summed E-state index contributed by atoms with van der Waals surface area (Å²) in [6.07, 6.45) is 0.272. The summed E-state index contributed by atoms with van der Waals surface area (Å²) in [5.41, 5.74) is 0.561. The average Bonchev–Trinajstić information content (AvgIpc) is 3.18. The monoisotopic (exact) mass is 451 g/mol. The van der Waals surface area contributed by atoms with E-state index in [1.54, 1.807) is 31.2 Å². The number of sulfone groups is 1. The highest BCUT2D eigenvalue weighted by Gasteiger charge is 2.14. The quantitative estimate of drug-likeness (QED) is 0.509. The van der Waals surface area contributed by atoms with Crippen molar-refractivity contribution < 1.29 is 17.6 Å². The number of halogens is 1. The fourth-order valence-electron chi connectivity index (χ4n) is 2.34. The summed E-state index contributed by atoms with van der Waals surface area (Å²) < 4.78 is 29.2. The van der Waals surface area contributed by atoms with Crippen molar-refractivity contribution in [3.8, 4) is 11.5 Å². The van der Waals surface area contributed by atoms with Crippen LogP contribution in [0.3, 0.4) is 0 Å². The van der Waals surface area contributed by atoms with Crippen LogP contribution >= 0.6 is 23.4 Å². The SMILES string of the molecule is CCS(=O)(=O)c1ccc(-c2nnc(NC(=O)CCSc3ccc(Cl)cc3)o2)cc1. The van der Waals surface area contributed by atoms with Gasteiger partial charge in [-0.2, -0.15) is 0 Å². The third-order valence-corrected chi connectivity index (χ3v) is 6.94. The molecule has 0 spiro atoms. The molecule has 1 aromatic heterocycles. The molecule has 3 rings (SSSR count). The first-order valence-electron chi connectivity index (χ1n) is 8.72. The molecule has 0 aliphatic heterocycles. The van der Waals surface area contributed by atoms with Crippen LogP contribution in [0.15, 0.2) is 62.7 Å². The molecule has 29 heavy (non-hydrogen) atoms. The predicted molar refractivity (Wildman–Crippen MR) is 113 cm³/mol. The number of nitrogens with zero attached hydrogens (tertiary/aromatic N) is 2. The van der Waals surface area contributed by atoms with Gasteiger partial charge in [-0.25, -0.2) is 8.42 Å². The topological polar surface area (TPSA) is 102 Å². The number of hydrogen-bond donors (Lipinski definition) is 1. The normalized spacial score (nSPS) is 11.4. The summed E-state index contributed by atoms with van der Waals surface area (Å²) in [6, 6.07) is 13.5. The summed E-state index contributed by atoms with van der Waals surface area (Å²) in [4.78, 5) is 13.3. The molecule has 1 heterocycles. The first-order valence-corrected chi connectivity index (χ1v) is 11.7. The van der Waals surface area contributed by atoms with Crippen molar-refractivity contribution >= 4 is 45.1 Å². The molecular formula is C19H18ClN3O4S2. The molecule has 0 atom stereocenters. The summed E-state index contributed by atoms with van der Waals surface area (Å²) in [5, 5.41) is 10.9. The molecule has 0 aliphatic carbocycles. The first-order chi connectivity index (χ1) is 13.9. The van der Waals surface area contributed by atoms with E-state index in [2.05, 4.69) is 15.5 Å². The van der Waals surface area contributed by atoms with Crippen molar-refractivity contribution in [2.45, 2.75) is 23.1 Å². The van der Waals surface area contributed by atoms with Crippen LogP contribution in [0.25, 0.3) is 11.5 Å². The molecule has 0 saturated heterocycles. The zero-order valence-electron chi connectivity index (χ0n) is 15.5. The molecule has 0 bridgehead atoms. The fraction of sp³-hybridized carbons (Fsp3) is 0.211. The van der Waals surface area contributed by atoms with Crippen LogP contribution in [0, 0.1) is 0 Å². The Labute approximate surface area is 177 Å². The molecular weight excluding hydrogens is 434 g/mol. The molecule has 1 N–H and O–H groups in total. The predicted octanol–water partition coefficient (Wildman–Crippen LogP) is 4.30. The minimum Gasteiger partial charge on any atom is -0.403 e. The Morgan fingerprint density at radius 3 is 2.45 bits per heavy atom. The number of carbonyl (C=O) groups excluding carboxylic acids is 1. The molecule has 0 saturated carbocycles. The van der Waals surface area contributed by atoms with Gasteiger partial charge in [0.25, 0.3) is 0 Å². The summed E-state index contributed by atoms with van der Waals surface area (Å²) in [7, 11) is -3.27. The van der Waals surface area contributed by atoms with E-state index in [9.17, 15) is 13.2 Å². The molecule has 0 aliphatic rings. The Bertz CT molecular complexity index is 1080. The third-order valence-electron chi connectivity index (χ3n) is 3.92. The van der Waals surface area contributed by atoms with Crippen LogP contribution in [0.5, 0.6) is 0 Å². The van der Waals surface area contributed by atoms with Gasteiger partial charge in [-0.05, 0) is 48.5 Å². The zero-order chi connectivity index (χ0) is 20.9. The number of nitrogens with one attached hydrogen (secondary N) is 1. The van der Waals surface area contributed by atoms with E-state index in [0.29, 0.717) is 16.3 Å². The van der Waals surface area contributed by atoms with Crippen LogP contribution in [0.1, 0.15) is 13.3 Å². The van der Waals surface area contributed by atoms with E-state index >= 15 is 0 Å². The van der Waals surface area contributed by atoms with Crippen LogP contribution in [-0.2, 0) is 14.6 Å². The van der Waals surface area contributed by atoms with Gasteiger partial charge in [0.1, 0.15) is 0 Å². The van der Waals surface area contributed by atoms with Gasteiger partial charge < -0.3 is 4.42 Å². The van der Waals surface area contributed by atoms with Crippen molar-refractivity contribution in [2.75, 3.05) is 16.8 Å². The largest absolute Gasteiger partial charge is 0.403 e. The Balaban J connectivity index is 1.54. The molecule has 7 nitrogen and oxygen atoms in total. The number of rotatable bonds is 8. The van der Waals surface area contributed by atoms with Gasteiger partial charge in [0.05, 0.1) is 10.6 Å². The lowest BCUT2D eigenvalue weighted by Gasteiger charge is -2.02. The van der Waals surface area contributed by atoms with Crippen molar-refractivity contribution in [1.82, 2.24) is 10.2 Å². The van der Waals surface area contributed by atoms with E-state index in [-0.39, 0.29) is 34.9 Å². The van der Waals surface area contributed by atoms with Gasteiger partial charge in [0.15, 0.2) is 9.84 Å². The van der Waals surface area contributed by atoms with Gasteiger partial charge in [0.2, 0.25) is 11.8 Å². The molecule has 3 aromatic rings. The Morgan fingerprint density at radius 2 is 1.79 bits per heavy atom. The Hall–Kier alpha value is -2.36. The van der Waals surface area contributed by atoms with Crippen LogP contribution in [-0.4, -0.2) is 36.0 Å². The second kappa shape index (κ2) is 9.43. The molecule has 0 unspecified atom stereocenters. The lowest BCUT2D eigenvalue weighted by molar-refractivity contribution is -0.115. The number of amides is 1. The van der Waals surface area contributed by atoms with Crippen molar-refractivity contribution in [2.24, 2.45) is 0 Å². The van der Waals surface area contributed by atoms with Gasteiger partial charge in [-0.15, -0.1) is 16.9 Å². The summed E-state index contributed by atoms with van der Waals surface area (Å²) >= 11 is 7.38. The average molecular weight is 452 g/mol. The van der Waals surface area contributed by atoms with Crippen LogP contribution in [0.4, 0.5) is 6.01 Å².